The highest BCUT2D eigenvalue weighted by molar-refractivity contribution is 6.17. The summed E-state index contributed by atoms with van der Waals surface area (Å²) < 4.78 is 1.91. The van der Waals surface area contributed by atoms with Gasteiger partial charge in [0.25, 0.3) is 0 Å². The largest absolute Gasteiger partial charge is 0.383 e. The molecule has 0 atom stereocenters. The molecule has 4 heteroatoms. The second kappa shape index (κ2) is 6.30. The number of benzene rings is 1. The first-order valence-corrected chi connectivity index (χ1v) is 6.28. The SMILES string of the molecule is ClCCc1ccc(NCCn2cccn2)cc1. The Labute approximate surface area is 106 Å². The maximum Gasteiger partial charge on any atom is 0.0582 e. The summed E-state index contributed by atoms with van der Waals surface area (Å²) in [5, 5.41) is 7.51. The van der Waals surface area contributed by atoms with Gasteiger partial charge in [0.2, 0.25) is 0 Å². The highest BCUT2D eigenvalue weighted by Gasteiger charge is 1.94. The maximum atomic E-state index is 5.69. The van der Waals surface area contributed by atoms with Crippen LogP contribution >= 0.6 is 11.6 Å². The predicted octanol–water partition coefficient (Wildman–Crippen LogP) is 2.78. The van der Waals surface area contributed by atoms with Crippen LogP contribution in [0.1, 0.15) is 5.56 Å². The standard InChI is InChI=1S/C13H16ClN3/c14-7-6-12-2-4-13(5-3-12)15-9-11-17-10-1-8-16-17/h1-5,8,10,15H,6-7,9,11H2. The Hall–Kier alpha value is -1.48. The molecule has 0 aliphatic carbocycles. The Balaban J connectivity index is 1.79. The van der Waals surface area contributed by atoms with Crippen molar-refractivity contribution in [3.8, 4) is 0 Å². The number of rotatable bonds is 6. The van der Waals surface area contributed by atoms with Gasteiger partial charge in [0.15, 0.2) is 0 Å². The first-order valence-electron chi connectivity index (χ1n) is 5.75. The minimum atomic E-state index is 0.673. The number of halogens is 1. The molecule has 0 spiro atoms. The van der Waals surface area contributed by atoms with E-state index in [-0.39, 0.29) is 0 Å². The van der Waals surface area contributed by atoms with Gasteiger partial charge in [0, 0.05) is 30.5 Å². The number of nitrogens with one attached hydrogen (secondary N) is 1. The molecule has 0 saturated carbocycles. The lowest BCUT2D eigenvalue weighted by Crippen LogP contribution is -2.10. The second-order valence-corrected chi connectivity index (χ2v) is 4.21. The molecule has 0 radical (unpaired) electrons. The highest BCUT2D eigenvalue weighted by atomic mass is 35.5. The smallest absolute Gasteiger partial charge is 0.0582 e. The second-order valence-electron chi connectivity index (χ2n) is 3.83. The van der Waals surface area contributed by atoms with Gasteiger partial charge < -0.3 is 5.32 Å². The summed E-state index contributed by atoms with van der Waals surface area (Å²) in [6.07, 6.45) is 4.68. The molecule has 1 heterocycles. The van der Waals surface area contributed by atoms with Gasteiger partial charge in [-0.3, -0.25) is 4.68 Å². The molecule has 1 aromatic heterocycles. The van der Waals surface area contributed by atoms with E-state index < -0.39 is 0 Å². The van der Waals surface area contributed by atoms with E-state index in [1.807, 2.05) is 16.9 Å². The van der Waals surface area contributed by atoms with Crippen LogP contribution in [0.2, 0.25) is 0 Å². The fourth-order valence-corrected chi connectivity index (χ4v) is 1.86. The maximum absolute atomic E-state index is 5.69. The number of hydrogen-bond donors (Lipinski definition) is 1. The average Bonchev–Trinajstić information content (AvgIpc) is 2.85. The van der Waals surface area contributed by atoms with Crippen LogP contribution in [0.4, 0.5) is 5.69 Å². The third kappa shape index (κ3) is 3.79. The molecule has 2 rings (SSSR count). The van der Waals surface area contributed by atoms with Gasteiger partial charge in [0.05, 0.1) is 6.54 Å². The van der Waals surface area contributed by atoms with Crippen molar-refractivity contribution in [1.29, 1.82) is 0 Å². The van der Waals surface area contributed by atoms with Crippen molar-refractivity contribution in [2.75, 3.05) is 17.7 Å². The summed E-state index contributed by atoms with van der Waals surface area (Å²) >= 11 is 5.69. The number of nitrogens with zero attached hydrogens (tertiary/aromatic N) is 2. The van der Waals surface area contributed by atoms with Gasteiger partial charge in [-0.25, -0.2) is 0 Å². The molecule has 0 amide bonds. The molecular weight excluding hydrogens is 234 g/mol. The predicted molar refractivity (Wildman–Crippen MR) is 71.6 cm³/mol. The van der Waals surface area contributed by atoms with E-state index in [9.17, 15) is 0 Å². The highest BCUT2D eigenvalue weighted by Crippen LogP contribution is 2.10. The minimum absolute atomic E-state index is 0.673. The van der Waals surface area contributed by atoms with Gasteiger partial charge in [-0.05, 0) is 30.2 Å². The summed E-state index contributed by atoms with van der Waals surface area (Å²) in [5.41, 5.74) is 2.41. The van der Waals surface area contributed by atoms with E-state index in [1.54, 1.807) is 6.20 Å². The Morgan fingerprint density at radius 2 is 2.06 bits per heavy atom. The molecule has 0 fully saturated rings. The van der Waals surface area contributed by atoms with Crippen molar-refractivity contribution in [2.45, 2.75) is 13.0 Å². The van der Waals surface area contributed by atoms with Crippen LogP contribution in [0.3, 0.4) is 0 Å². The molecule has 0 saturated heterocycles. The lowest BCUT2D eigenvalue weighted by molar-refractivity contribution is 0.638. The lowest BCUT2D eigenvalue weighted by Gasteiger charge is -2.07. The van der Waals surface area contributed by atoms with Crippen molar-refractivity contribution in [3.05, 3.63) is 48.3 Å². The summed E-state index contributed by atoms with van der Waals surface area (Å²) in [7, 11) is 0. The fraction of sp³-hybridized carbons (Fsp3) is 0.308. The van der Waals surface area contributed by atoms with Crippen LogP contribution in [0.25, 0.3) is 0 Å². The zero-order chi connectivity index (χ0) is 11.9. The van der Waals surface area contributed by atoms with Gasteiger partial charge in [-0.15, -0.1) is 11.6 Å². The van der Waals surface area contributed by atoms with Crippen molar-refractivity contribution in [2.24, 2.45) is 0 Å². The van der Waals surface area contributed by atoms with Crippen LogP contribution < -0.4 is 5.32 Å². The number of alkyl halides is 1. The zero-order valence-corrected chi connectivity index (χ0v) is 10.4. The van der Waals surface area contributed by atoms with Crippen LogP contribution in [0.5, 0.6) is 0 Å². The summed E-state index contributed by atoms with van der Waals surface area (Å²) in [5.74, 6) is 0.673. The Bertz CT molecular complexity index is 422. The molecule has 1 N–H and O–H groups in total. The van der Waals surface area contributed by atoms with E-state index >= 15 is 0 Å². The number of hydrogen-bond acceptors (Lipinski definition) is 2. The molecule has 17 heavy (non-hydrogen) atoms. The summed E-state index contributed by atoms with van der Waals surface area (Å²) in [6, 6.07) is 10.3. The van der Waals surface area contributed by atoms with Crippen LogP contribution in [-0.4, -0.2) is 22.2 Å². The first kappa shape index (κ1) is 12.0. The molecule has 3 nitrogen and oxygen atoms in total. The van der Waals surface area contributed by atoms with E-state index in [0.29, 0.717) is 5.88 Å². The molecule has 2 aromatic rings. The topological polar surface area (TPSA) is 29.9 Å². The van der Waals surface area contributed by atoms with E-state index in [0.717, 1.165) is 25.2 Å². The van der Waals surface area contributed by atoms with Crippen molar-refractivity contribution in [3.63, 3.8) is 0 Å². The molecule has 0 bridgehead atoms. The Morgan fingerprint density at radius 3 is 2.71 bits per heavy atom. The molecular formula is C13H16ClN3. The Kier molecular flexibility index (Phi) is 4.45. The molecule has 0 unspecified atom stereocenters. The molecule has 0 aliphatic heterocycles. The van der Waals surface area contributed by atoms with Crippen LogP contribution in [0, 0.1) is 0 Å². The van der Waals surface area contributed by atoms with Crippen LogP contribution in [-0.2, 0) is 13.0 Å². The minimum Gasteiger partial charge on any atom is -0.383 e. The van der Waals surface area contributed by atoms with Crippen molar-refractivity contribution in [1.82, 2.24) is 9.78 Å². The zero-order valence-electron chi connectivity index (χ0n) is 9.64. The van der Waals surface area contributed by atoms with Gasteiger partial charge in [-0.1, -0.05) is 12.1 Å². The molecule has 0 aliphatic rings. The monoisotopic (exact) mass is 249 g/mol. The van der Waals surface area contributed by atoms with Gasteiger partial charge >= 0.3 is 0 Å². The molecule has 1 aromatic carbocycles. The number of aryl methyl sites for hydroxylation is 1. The normalized spacial score (nSPS) is 10.4. The molecule has 90 valence electrons. The van der Waals surface area contributed by atoms with Crippen molar-refractivity contribution < 1.29 is 0 Å². The first-order chi connectivity index (χ1) is 8.38. The van der Waals surface area contributed by atoms with E-state index in [4.69, 9.17) is 11.6 Å². The van der Waals surface area contributed by atoms with Gasteiger partial charge in [0.1, 0.15) is 0 Å². The van der Waals surface area contributed by atoms with Crippen LogP contribution in [0.15, 0.2) is 42.7 Å². The summed E-state index contributed by atoms with van der Waals surface area (Å²) in [6.45, 7) is 1.74. The fourth-order valence-electron chi connectivity index (χ4n) is 1.65. The number of aromatic nitrogens is 2. The van der Waals surface area contributed by atoms with E-state index in [1.165, 1.54) is 5.56 Å². The van der Waals surface area contributed by atoms with E-state index in [2.05, 4.69) is 34.7 Å². The lowest BCUT2D eigenvalue weighted by atomic mass is 10.1. The van der Waals surface area contributed by atoms with Gasteiger partial charge in [-0.2, -0.15) is 5.10 Å². The summed E-state index contributed by atoms with van der Waals surface area (Å²) in [4.78, 5) is 0. The number of anilines is 1. The third-order valence-electron chi connectivity index (χ3n) is 2.57. The average molecular weight is 250 g/mol. The quantitative estimate of drug-likeness (QED) is 0.798. The third-order valence-corrected chi connectivity index (χ3v) is 2.76. The van der Waals surface area contributed by atoms with Crippen molar-refractivity contribution >= 4 is 17.3 Å². The Morgan fingerprint density at radius 1 is 1.24 bits per heavy atom.